The van der Waals surface area contributed by atoms with Crippen LogP contribution in [0.3, 0.4) is 0 Å². The zero-order valence-corrected chi connectivity index (χ0v) is 11.7. The molecule has 1 fully saturated rings. The third kappa shape index (κ3) is 2.85. The van der Waals surface area contributed by atoms with Crippen LogP contribution >= 0.6 is 0 Å². The number of benzene rings is 1. The number of fused-ring (bicyclic) bond motifs is 1. The Bertz CT molecular complexity index is 567. The van der Waals surface area contributed by atoms with Gasteiger partial charge < -0.3 is 15.2 Å². The lowest BCUT2D eigenvalue weighted by atomic mass is 10.1. The number of hydrogen-bond acceptors (Lipinski definition) is 3. The van der Waals surface area contributed by atoms with Crippen molar-refractivity contribution in [2.45, 2.75) is 25.3 Å². The largest absolute Gasteiger partial charge is 0.478 e. The van der Waals surface area contributed by atoms with Gasteiger partial charge in [0.15, 0.2) is 0 Å². The summed E-state index contributed by atoms with van der Waals surface area (Å²) in [5.74, 6) is -0.977. The molecule has 0 atom stereocenters. The van der Waals surface area contributed by atoms with Gasteiger partial charge in [0.1, 0.15) is 0 Å². The Hall–Kier alpha value is -2.08. The summed E-state index contributed by atoms with van der Waals surface area (Å²) in [5.41, 5.74) is 1.93. The summed E-state index contributed by atoms with van der Waals surface area (Å²) in [5, 5.41) is 12.1. The quantitative estimate of drug-likeness (QED) is 0.868. The van der Waals surface area contributed by atoms with Gasteiger partial charge in [-0.25, -0.2) is 9.59 Å². The van der Waals surface area contributed by atoms with Gasteiger partial charge in [-0.3, -0.25) is 4.90 Å². The van der Waals surface area contributed by atoms with Gasteiger partial charge in [-0.2, -0.15) is 0 Å². The second-order valence-electron chi connectivity index (χ2n) is 5.39. The molecule has 6 nitrogen and oxygen atoms in total. The Morgan fingerprint density at radius 2 is 2.05 bits per heavy atom. The summed E-state index contributed by atoms with van der Waals surface area (Å²) in [6, 6.07) is 4.94. The number of carboxylic acids is 1. The second kappa shape index (κ2) is 5.73. The minimum Gasteiger partial charge on any atom is -0.478 e. The first kappa shape index (κ1) is 13.9. The molecule has 112 valence electrons. The van der Waals surface area contributed by atoms with Gasteiger partial charge in [-0.1, -0.05) is 6.07 Å². The van der Waals surface area contributed by atoms with Crippen molar-refractivity contribution < 1.29 is 19.4 Å². The number of carbonyl (C=O) groups excluding carboxylic acids is 1. The van der Waals surface area contributed by atoms with Crippen LogP contribution in [0.1, 0.15) is 28.8 Å². The number of nitrogens with one attached hydrogen (secondary N) is 1. The molecule has 2 N–H and O–H groups in total. The Morgan fingerprint density at radius 3 is 2.76 bits per heavy atom. The van der Waals surface area contributed by atoms with Crippen LogP contribution in [0.15, 0.2) is 18.2 Å². The summed E-state index contributed by atoms with van der Waals surface area (Å²) in [6.07, 6.45) is 2.40. The van der Waals surface area contributed by atoms with Crippen LogP contribution in [0.2, 0.25) is 0 Å². The van der Waals surface area contributed by atoms with Crippen molar-refractivity contribution in [3.63, 3.8) is 0 Å². The fourth-order valence-electron chi connectivity index (χ4n) is 2.82. The third-order valence-corrected chi connectivity index (χ3v) is 4.02. The van der Waals surface area contributed by atoms with Crippen molar-refractivity contribution in [2.75, 3.05) is 24.7 Å². The van der Waals surface area contributed by atoms with Crippen molar-refractivity contribution in [3.05, 3.63) is 29.3 Å². The summed E-state index contributed by atoms with van der Waals surface area (Å²) in [4.78, 5) is 25.1. The van der Waals surface area contributed by atoms with Crippen LogP contribution in [0, 0.1) is 0 Å². The smallest absolute Gasteiger partial charge is 0.335 e. The van der Waals surface area contributed by atoms with E-state index in [4.69, 9.17) is 9.84 Å². The molecule has 3 rings (SSSR count). The van der Waals surface area contributed by atoms with Crippen molar-refractivity contribution in [1.82, 2.24) is 5.32 Å². The van der Waals surface area contributed by atoms with Gasteiger partial charge in [-0.05, 0) is 37.0 Å². The van der Waals surface area contributed by atoms with E-state index in [2.05, 4.69) is 5.32 Å². The van der Waals surface area contributed by atoms with Gasteiger partial charge in [0.2, 0.25) is 0 Å². The van der Waals surface area contributed by atoms with Crippen molar-refractivity contribution in [3.8, 4) is 0 Å². The number of hydrogen-bond donors (Lipinski definition) is 2. The summed E-state index contributed by atoms with van der Waals surface area (Å²) < 4.78 is 5.27. The fraction of sp³-hybridized carbons (Fsp3) is 0.467. The van der Waals surface area contributed by atoms with Crippen LogP contribution in [-0.4, -0.2) is 42.9 Å². The first-order valence-electron chi connectivity index (χ1n) is 7.17. The van der Waals surface area contributed by atoms with Gasteiger partial charge >= 0.3 is 12.0 Å². The van der Waals surface area contributed by atoms with Gasteiger partial charge in [0.05, 0.1) is 5.56 Å². The third-order valence-electron chi connectivity index (χ3n) is 4.02. The molecule has 0 radical (unpaired) electrons. The molecule has 0 aromatic heterocycles. The molecule has 6 heteroatoms. The molecule has 0 saturated carbocycles. The average Bonchev–Trinajstić information content (AvgIpc) is 2.91. The molecule has 2 aliphatic rings. The molecule has 1 saturated heterocycles. The number of ether oxygens (including phenoxy) is 1. The van der Waals surface area contributed by atoms with E-state index in [1.165, 1.54) is 0 Å². The predicted molar refractivity (Wildman–Crippen MR) is 76.8 cm³/mol. The molecule has 0 unspecified atom stereocenters. The lowest BCUT2D eigenvalue weighted by molar-refractivity contribution is 0.0696. The molecule has 2 heterocycles. The zero-order valence-electron chi connectivity index (χ0n) is 11.7. The molecule has 1 aromatic carbocycles. The van der Waals surface area contributed by atoms with E-state index in [1.54, 1.807) is 23.1 Å². The molecular weight excluding hydrogens is 272 g/mol. The molecule has 1 aromatic rings. The average molecular weight is 290 g/mol. The molecule has 2 amide bonds. The maximum atomic E-state index is 12.4. The van der Waals surface area contributed by atoms with Crippen LogP contribution in [0.4, 0.5) is 10.5 Å². The molecule has 21 heavy (non-hydrogen) atoms. The molecular formula is C15H18N2O4. The Morgan fingerprint density at radius 1 is 1.29 bits per heavy atom. The monoisotopic (exact) mass is 290 g/mol. The lowest BCUT2D eigenvalue weighted by Crippen LogP contribution is -2.46. The van der Waals surface area contributed by atoms with E-state index in [0.29, 0.717) is 25.4 Å². The normalized spacial score (nSPS) is 18.4. The molecule has 0 aliphatic carbocycles. The second-order valence-corrected chi connectivity index (χ2v) is 5.39. The van der Waals surface area contributed by atoms with Crippen LogP contribution in [0.5, 0.6) is 0 Å². The minimum absolute atomic E-state index is 0.137. The van der Waals surface area contributed by atoms with Crippen molar-refractivity contribution in [1.29, 1.82) is 0 Å². The Kier molecular flexibility index (Phi) is 3.79. The molecule has 2 aliphatic heterocycles. The van der Waals surface area contributed by atoms with E-state index >= 15 is 0 Å². The van der Waals surface area contributed by atoms with Gasteiger partial charge in [0, 0.05) is 31.5 Å². The fourth-order valence-corrected chi connectivity index (χ4v) is 2.82. The summed E-state index contributed by atoms with van der Waals surface area (Å²) in [7, 11) is 0. The number of aromatic carboxylic acids is 1. The maximum absolute atomic E-state index is 12.4. The highest BCUT2D eigenvalue weighted by Crippen LogP contribution is 2.29. The van der Waals surface area contributed by atoms with Crippen LogP contribution in [-0.2, 0) is 11.2 Å². The van der Waals surface area contributed by atoms with E-state index in [1.807, 2.05) is 0 Å². The molecule has 0 bridgehead atoms. The number of anilines is 1. The standard InChI is InChI=1S/C15H18N2O4/c18-14(19)11-2-1-10-3-6-17(13(10)9-11)15(20)16-12-4-7-21-8-5-12/h1-2,9,12H,3-8H2,(H,16,20)(H,18,19). The van der Waals surface area contributed by atoms with Gasteiger partial charge in [0.25, 0.3) is 0 Å². The van der Waals surface area contributed by atoms with E-state index < -0.39 is 5.97 Å². The molecule has 0 spiro atoms. The van der Waals surface area contributed by atoms with Crippen LogP contribution < -0.4 is 10.2 Å². The lowest BCUT2D eigenvalue weighted by Gasteiger charge is -2.26. The highest BCUT2D eigenvalue weighted by Gasteiger charge is 2.27. The van der Waals surface area contributed by atoms with Crippen LogP contribution in [0.25, 0.3) is 0 Å². The zero-order chi connectivity index (χ0) is 14.8. The number of nitrogens with zero attached hydrogens (tertiary/aromatic N) is 1. The summed E-state index contributed by atoms with van der Waals surface area (Å²) >= 11 is 0. The van der Waals surface area contributed by atoms with Crippen molar-refractivity contribution in [2.24, 2.45) is 0 Å². The predicted octanol–water partition coefficient (Wildman–Crippen LogP) is 1.64. The Labute approximate surface area is 122 Å². The van der Waals surface area contributed by atoms with E-state index in [9.17, 15) is 9.59 Å². The van der Waals surface area contributed by atoms with Crippen molar-refractivity contribution >= 4 is 17.7 Å². The number of carbonyl (C=O) groups is 2. The first-order chi connectivity index (χ1) is 10.1. The summed E-state index contributed by atoms with van der Waals surface area (Å²) in [6.45, 7) is 1.93. The SMILES string of the molecule is O=C(O)c1ccc2c(c1)N(C(=O)NC1CCOCC1)CC2. The van der Waals surface area contributed by atoms with E-state index in [-0.39, 0.29) is 17.6 Å². The highest BCUT2D eigenvalue weighted by atomic mass is 16.5. The van der Waals surface area contributed by atoms with Gasteiger partial charge in [-0.15, -0.1) is 0 Å². The van der Waals surface area contributed by atoms with E-state index in [0.717, 1.165) is 24.8 Å². The minimum atomic E-state index is -0.977. The highest BCUT2D eigenvalue weighted by molar-refractivity contribution is 5.97. The number of rotatable bonds is 2. The number of urea groups is 1. The maximum Gasteiger partial charge on any atom is 0.335 e. The number of carboxylic acid groups (broad SMARTS) is 1. The number of amides is 2. The Balaban J connectivity index is 1.74. The first-order valence-corrected chi connectivity index (χ1v) is 7.17. The topological polar surface area (TPSA) is 78.9 Å².